The molecule has 6 heteroatoms. The van der Waals surface area contributed by atoms with Crippen LogP contribution in [0, 0.1) is 5.92 Å². The molecule has 0 spiro atoms. The van der Waals surface area contributed by atoms with Crippen molar-refractivity contribution in [1.29, 1.82) is 0 Å². The number of nitrogen functional groups attached to an aromatic ring is 1. The highest BCUT2D eigenvalue weighted by Crippen LogP contribution is 2.39. The van der Waals surface area contributed by atoms with Crippen LogP contribution in [0.2, 0.25) is 0 Å². The fraction of sp³-hybridized carbons (Fsp3) is 0.350. The van der Waals surface area contributed by atoms with Gasteiger partial charge in [0.25, 0.3) is 0 Å². The van der Waals surface area contributed by atoms with E-state index < -0.39 is 5.54 Å². The third-order valence-corrected chi connectivity index (χ3v) is 5.08. The number of hydrogen-bond donors (Lipinski definition) is 2. The van der Waals surface area contributed by atoms with Gasteiger partial charge in [0, 0.05) is 6.20 Å². The van der Waals surface area contributed by atoms with Crippen LogP contribution in [0.1, 0.15) is 37.9 Å². The van der Waals surface area contributed by atoms with E-state index in [0.717, 1.165) is 11.1 Å². The number of amides is 3. The number of hydrogen-bond acceptors (Lipinski definition) is 4. The number of urea groups is 1. The van der Waals surface area contributed by atoms with Gasteiger partial charge in [0.05, 0.1) is 17.5 Å². The third kappa shape index (κ3) is 3.27. The Bertz CT molecular complexity index is 820. The van der Waals surface area contributed by atoms with Crippen LogP contribution in [-0.4, -0.2) is 27.4 Å². The largest absolute Gasteiger partial charge is 0.384 e. The molecule has 3 N–H and O–H groups in total. The quantitative estimate of drug-likeness (QED) is 0.828. The summed E-state index contributed by atoms with van der Waals surface area (Å²) >= 11 is 0. The minimum atomic E-state index is -0.560. The standard InChI is InChI=1S/C20H24N4O2/c1-13(15-7-5-4-6-8-15)23-19(26)24-18(25)16(20(24,2)3)11-14-9-10-22-17(21)12-14/h4-10,12-13,16H,11H2,1-3H3,(H2,21,22)(H,23,26). The zero-order valence-corrected chi connectivity index (χ0v) is 15.3. The SMILES string of the molecule is CC(NC(=O)N1C(=O)C(Cc2ccnc(N)c2)C1(C)C)c1ccccc1. The third-order valence-electron chi connectivity index (χ3n) is 5.08. The van der Waals surface area contributed by atoms with E-state index in [1.54, 1.807) is 12.3 Å². The zero-order valence-electron chi connectivity index (χ0n) is 15.3. The summed E-state index contributed by atoms with van der Waals surface area (Å²) in [4.78, 5) is 30.6. The Morgan fingerprint density at radius 2 is 2.00 bits per heavy atom. The monoisotopic (exact) mass is 352 g/mol. The predicted molar refractivity (Wildman–Crippen MR) is 100 cm³/mol. The van der Waals surface area contributed by atoms with Crippen molar-refractivity contribution in [2.24, 2.45) is 5.92 Å². The first-order valence-corrected chi connectivity index (χ1v) is 8.70. The second-order valence-electron chi connectivity index (χ2n) is 7.25. The number of carbonyl (C=O) groups is 2. The van der Waals surface area contributed by atoms with Gasteiger partial charge in [0.15, 0.2) is 0 Å². The molecule has 1 aromatic carbocycles. The maximum Gasteiger partial charge on any atom is 0.325 e. The molecule has 3 rings (SSSR count). The van der Waals surface area contributed by atoms with Gasteiger partial charge in [0.1, 0.15) is 5.82 Å². The van der Waals surface area contributed by atoms with Gasteiger partial charge in [0.2, 0.25) is 5.91 Å². The van der Waals surface area contributed by atoms with Crippen molar-refractivity contribution >= 4 is 17.8 Å². The van der Waals surface area contributed by atoms with Crippen molar-refractivity contribution in [1.82, 2.24) is 15.2 Å². The minimum Gasteiger partial charge on any atom is -0.384 e. The number of likely N-dealkylation sites (tertiary alicyclic amines) is 1. The van der Waals surface area contributed by atoms with Crippen LogP contribution in [0.5, 0.6) is 0 Å². The molecule has 0 saturated carbocycles. The maximum atomic E-state index is 12.7. The molecule has 26 heavy (non-hydrogen) atoms. The van der Waals surface area contributed by atoms with Gasteiger partial charge >= 0.3 is 6.03 Å². The van der Waals surface area contributed by atoms with Crippen LogP contribution in [0.25, 0.3) is 0 Å². The fourth-order valence-electron chi connectivity index (χ4n) is 3.46. The Labute approximate surface area is 153 Å². The van der Waals surface area contributed by atoms with Crippen LogP contribution in [0.15, 0.2) is 48.7 Å². The number of nitrogens with zero attached hydrogens (tertiary/aromatic N) is 2. The number of benzene rings is 1. The van der Waals surface area contributed by atoms with E-state index in [9.17, 15) is 9.59 Å². The summed E-state index contributed by atoms with van der Waals surface area (Å²) in [5.74, 6) is 0.00332. The Balaban J connectivity index is 1.68. The number of rotatable bonds is 4. The molecule has 2 aromatic rings. The average molecular weight is 352 g/mol. The highest BCUT2D eigenvalue weighted by molar-refractivity contribution is 6.02. The molecule has 6 nitrogen and oxygen atoms in total. The van der Waals surface area contributed by atoms with Crippen LogP contribution < -0.4 is 11.1 Å². The Kier molecular flexibility index (Phi) is 4.68. The molecule has 2 unspecified atom stereocenters. The number of nitrogens with two attached hydrogens (primary N) is 1. The molecule has 3 amide bonds. The lowest BCUT2D eigenvalue weighted by Crippen LogP contribution is -2.71. The van der Waals surface area contributed by atoms with Gasteiger partial charge < -0.3 is 11.1 Å². The summed E-state index contributed by atoms with van der Waals surface area (Å²) in [6.45, 7) is 5.73. The Morgan fingerprint density at radius 1 is 1.31 bits per heavy atom. The van der Waals surface area contributed by atoms with E-state index in [1.807, 2.05) is 57.2 Å². The smallest absolute Gasteiger partial charge is 0.325 e. The maximum absolute atomic E-state index is 12.7. The van der Waals surface area contributed by atoms with Crippen molar-refractivity contribution < 1.29 is 9.59 Å². The van der Waals surface area contributed by atoms with Gasteiger partial charge in [-0.25, -0.2) is 9.78 Å². The zero-order chi connectivity index (χ0) is 18.9. The number of β-lactam (4-membered cyclic amide) rings is 1. The Morgan fingerprint density at radius 3 is 2.62 bits per heavy atom. The van der Waals surface area contributed by atoms with Crippen LogP contribution in [-0.2, 0) is 11.2 Å². The molecule has 0 aliphatic carbocycles. The lowest BCUT2D eigenvalue weighted by molar-refractivity contribution is -0.158. The minimum absolute atomic E-state index is 0.164. The molecule has 1 aromatic heterocycles. The van der Waals surface area contributed by atoms with Gasteiger partial charge in [-0.2, -0.15) is 0 Å². The molecular formula is C20H24N4O2. The van der Waals surface area contributed by atoms with Crippen molar-refractivity contribution in [2.45, 2.75) is 38.8 Å². The first kappa shape index (κ1) is 17.9. The number of anilines is 1. The van der Waals surface area contributed by atoms with Crippen molar-refractivity contribution in [2.75, 3.05) is 5.73 Å². The molecule has 2 atom stereocenters. The summed E-state index contributed by atoms with van der Waals surface area (Å²) < 4.78 is 0. The van der Waals surface area contributed by atoms with E-state index in [1.165, 1.54) is 4.90 Å². The highest BCUT2D eigenvalue weighted by Gasteiger charge is 2.56. The average Bonchev–Trinajstić information content (AvgIpc) is 2.60. The molecule has 0 radical (unpaired) electrons. The second-order valence-corrected chi connectivity index (χ2v) is 7.25. The highest BCUT2D eigenvalue weighted by atomic mass is 16.2. The van der Waals surface area contributed by atoms with Gasteiger partial charge in [-0.3, -0.25) is 9.69 Å². The number of nitrogens with one attached hydrogen (secondary N) is 1. The van der Waals surface area contributed by atoms with E-state index >= 15 is 0 Å². The topological polar surface area (TPSA) is 88.3 Å². The first-order valence-electron chi connectivity index (χ1n) is 8.70. The van der Waals surface area contributed by atoms with E-state index in [4.69, 9.17) is 5.73 Å². The summed E-state index contributed by atoms with van der Waals surface area (Å²) in [5, 5.41) is 2.91. The predicted octanol–water partition coefficient (Wildman–Crippen LogP) is 2.91. The second kappa shape index (κ2) is 6.78. The van der Waals surface area contributed by atoms with E-state index in [0.29, 0.717) is 12.2 Å². The molecular weight excluding hydrogens is 328 g/mol. The molecule has 1 saturated heterocycles. The van der Waals surface area contributed by atoms with E-state index in [-0.39, 0.29) is 23.9 Å². The number of carbonyl (C=O) groups excluding carboxylic acids is 2. The number of aromatic nitrogens is 1. The van der Waals surface area contributed by atoms with E-state index in [2.05, 4.69) is 10.3 Å². The molecule has 2 heterocycles. The van der Waals surface area contributed by atoms with Crippen LogP contribution in [0.3, 0.4) is 0 Å². The molecule has 1 aliphatic heterocycles. The van der Waals surface area contributed by atoms with Crippen molar-refractivity contribution in [3.05, 3.63) is 59.8 Å². The van der Waals surface area contributed by atoms with Gasteiger partial charge in [-0.05, 0) is 50.5 Å². The summed E-state index contributed by atoms with van der Waals surface area (Å²) in [7, 11) is 0. The summed E-state index contributed by atoms with van der Waals surface area (Å²) in [6.07, 6.45) is 2.17. The molecule has 0 bridgehead atoms. The van der Waals surface area contributed by atoms with Crippen molar-refractivity contribution in [3.63, 3.8) is 0 Å². The molecule has 136 valence electrons. The molecule has 1 fully saturated rings. The van der Waals surface area contributed by atoms with Gasteiger partial charge in [-0.15, -0.1) is 0 Å². The number of imide groups is 1. The Hall–Kier alpha value is -2.89. The van der Waals surface area contributed by atoms with Crippen LogP contribution >= 0.6 is 0 Å². The van der Waals surface area contributed by atoms with Crippen LogP contribution in [0.4, 0.5) is 10.6 Å². The lowest BCUT2D eigenvalue weighted by Gasteiger charge is -2.52. The summed E-state index contributed by atoms with van der Waals surface area (Å²) in [6, 6.07) is 12.8. The molecule has 1 aliphatic rings. The lowest BCUT2D eigenvalue weighted by atomic mass is 9.73. The first-order chi connectivity index (χ1) is 12.3. The normalized spacial score (nSPS) is 19.6. The fourth-order valence-corrected chi connectivity index (χ4v) is 3.46. The number of pyridine rings is 1. The van der Waals surface area contributed by atoms with Gasteiger partial charge in [-0.1, -0.05) is 30.3 Å². The summed E-state index contributed by atoms with van der Waals surface area (Å²) in [5.41, 5.74) is 7.09. The van der Waals surface area contributed by atoms with Crippen molar-refractivity contribution in [3.8, 4) is 0 Å².